The molecule has 3 rings (SSSR count). The second-order valence-electron chi connectivity index (χ2n) is 8.67. The normalized spacial score (nSPS) is 16.5. The van der Waals surface area contributed by atoms with Crippen molar-refractivity contribution in [3.05, 3.63) is 48.3 Å². The van der Waals surface area contributed by atoms with Crippen LogP contribution < -0.4 is 15.1 Å². The van der Waals surface area contributed by atoms with Crippen LogP contribution in [0.5, 0.6) is 0 Å². The number of nitrogens with zero attached hydrogens (tertiary/aromatic N) is 4. The Bertz CT molecular complexity index is 906. The predicted molar refractivity (Wildman–Crippen MR) is 117 cm³/mol. The highest BCUT2D eigenvalue weighted by Crippen LogP contribution is 2.30. The van der Waals surface area contributed by atoms with E-state index in [1.54, 1.807) is 51.4 Å². The van der Waals surface area contributed by atoms with E-state index in [1.807, 2.05) is 12.1 Å². The molecule has 1 saturated heterocycles. The van der Waals surface area contributed by atoms with Crippen molar-refractivity contribution >= 4 is 23.5 Å². The van der Waals surface area contributed by atoms with Gasteiger partial charge < -0.3 is 25.3 Å². The highest BCUT2D eigenvalue weighted by Gasteiger charge is 2.47. The van der Waals surface area contributed by atoms with Gasteiger partial charge in [-0.25, -0.2) is 14.8 Å². The van der Waals surface area contributed by atoms with Crippen LogP contribution in [0.2, 0.25) is 0 Å². The number of hydrogen-bond acceptors (Lipinski definition) is 7. The van der Waals surface area contributed by atoms with Gasteiger partial charge in [-0.15, -0.1) is 0 Å². The van der Waals surface area contributed by atoms with Gasteiger partial charge in [0, 0.05) is 55.2 Å². The van der Waals surface area contributed by atoms with Gasteiger partial charge in [-0.05, 0) is 30.3 Å². The minimum absolute atomic E-state index is 0.379. The molecule has 1 aromatic carbocycles. The van der Waals surface area contributed by atoms with Crippen LogP contribution in [0.15, 0.2) is 42.7 Å². The standard InChI is InChI=1S/C22H29N5O4/c1-21(2,3)22(31,19(29)30)15-25-18(28)16-5-7-17(8-6-16)26-11-13-27(14-12-26)20-23-9-4-10-24-20/h4-10,31H,11-15H2,1-3H3,(H,25,28)(H,29,30)/t22-/m0/s1. The molecule has 9 nitrogen and oxygen atoms in total. The van der Waals surface area contributed by atoms with Crippen LogP contribution in [0.1, 0.15) is 31.1 Å². The van der Waals surface area contributed by atoms with Gasteiger partial charge in [-0.2, -0.15) is 0 Å². The van der Waals surface area contributed by atoms with E-state index in [2.05, 4.69) is 25.1 Å². The van der Waals surface area contributed by atoms with Crippen molar-refractivity contribution in [1.82, 2.24) is 15.3 Å². The van der Waals surface area contributed by atoms with E-state index in [0.717, 1.165) is 37.8 Å². The Morgan fingerprint density at radius 3 is 2.06 bits per heavy atom. The quantitative estimate of drug-likeness (QED) is 0.633. The summed E-state index contributed by atoms with van der Waals surface area (Å²) in [6, 6.07) is 8.94. The third kappa shape index (κ3) is 4.93. The van der Waals surface area contributed by atoms with Crippen LogP contribution >= 0.6 is 0 Å². The number of benzene rings is 1. The number of rotatable bonds is 6. The molecule has 1 amide bonds. The number of aliphatic hydroxyl groups is 1. The van der Waals surface area contributed by atoms with Gasteiger partial charge in [0.25, 0.3) is 5.91 Å². The van der Waals surface area contributed by atoms with Gasteiger partial charge >= 0.3 is 5.97 Å². The predicted octanol–water partition coefficient (Wildman–Crippen LogP) is 1.39. The largest absolute Gasteiger partial charge is 0.479 e. The molecule has 166 valence electrons. The van der Waals surface area contributed by atoms with E-state index < -0.39 is 22.9 Å². The lowest BCUT2D eigenvalue weighted by Gasteiger charge is -2.36. The van der Waals surface area contributed by atoms with Gasteiger partial charge in [0.1, 0.15) is 0 Å². The molecular formula is C22H29N5O4. The van der Waals surface area contributed by atoms with Crippen molar-refractivity contribution < 1.29 is 19.8 Å². The number of carbonyl (C=O) groups excluding carboxylic acids is 1. The first kappa shape index (κ1) is 22.5. The average Bonchev–Trinajstić information content (AvgIpc) is 2.77. The number of amides is 1. The SMILES string of the molecule is CC(C)(C)[C@](O)(CNC(=O)c1ccc(N2CCN(c3ncccn3)CC2)cc1)C(=O)O. The van der Waals surface area contributed by atoms with Gasteiger partial charge in [0.05, 0.1) is 6.54 Å². The number of anilines is 2. The average molecular weight is 428 g/mol. The van der Waals surface area contributed by atoms with Crippen LogP contribution in [-0.4, -0.2) is 70.4 Å². The number of nitrogens with one attached hydrogen (secondary N) is 1. The highest BCUT2D eigenvalue weighted by atomic mass is 16.4. The maximum atomic E-state index is 12.5. The molecule has 9 heteroatoms. The Morgan fingerprint density at radius 2 is 1.55 bits per heavy atom. The molecule has 0 spiro atoms. The topological polar surface area (TPSA) is 119 Å². The van der Waals surface area contributed by atoms with E-state index in [9.17, 15) is 19.8 Å². The van der Waals surface area contributed by atoms with Crippen LogP contribution in [0, 0.1) is 5.41 Å². The molecule has 0 unspecified atom stereocenters. The summed E-state index contributed by atoms with van der Waals surface area (Å²) in [7, 11) is 0. The third-order valence-electron chi connectivity index (χ3n) is 5.71. The van der Waals surface area contributed by atoms with Crippen LogP contribution in [-0.2, 0) is 4.79 Å². The smallest absolute Gasteiger partial charge is 0.338 e. The van der Waals surface area contributed by atoms with Gasteiger partial charge in [0.2, 0.25) is 5.95 Å². The summed E-state index contributed by atoms with van der Waals surface area (Å²) in [6.07, 6.45) is 3.47. The van der Waals surface area contributed by atoms with Gasteiger partial charge in [0.15, 0.2) is 5.60 Å². The second-order valence-corrected chi connectivity index (χ2v) is 8.67. The van der Waals surface area contributed by atoms with E-state index in [0.29, 0.717) is 5.56 Å². The molecule has 0 saturated carbocycles. The summed E-state index contributed by atoms with van der Waals surface area (Å²) in [5.74, 6) is -1.07. The minimum atomic E-state index is -2.06. The Balaban J connectivity index is 1.58. The summed E-state index contributed by atoms with van der Waals surface area (Å²) < 4.78 is 0. The van der Waals surface area contributed by atoms with Crippen molar-refractivity contribution in [2.24, 2.45) is 5.41 Å². The number of carbonyl (C=O) groups is 2. The summed E-state index contributed by atoms with van der Waals surface area (Å²) in [5.41, 5.74) is -1.60. The van der Waals surface area contributed by atoms with E-state index in [-0.39, 0.29) is 6.54 Å². The zero-order valence-corrected chi connectivity index (χ0v) is 18.1. The van der Waals surface area contributed by atoms with Crippen molar-refractivity contribution in [1.29, 1.82) is 0 Å². The molecule has 2 heterocycles. The lowest BCUT2D eigenvalue weighted by molar-refractivity contribution is -0.170. The molecule has 1 aliphatic rings. The van der Waals surface area contributed by atoms with Crippen LogP contribution in [0.4, 0.5) is 11.6 Å². The molecule has 0 radical (unpaired) electrons. The second kappa shape index (κ2) is 8.89. The Morgan fingerprint density at radius 1 is 1.00 bits per heavy atom. The first-order valence-electron chi connectivity index (χ1n) is 10.2. The fourth-order valence-corrected chi connectivity index (χ4v) is 3.41. The molecule has 3 N–H and O–H groups in total. The first-order chi connectivity index (χ1) is 14.6. The summed E-state index contributed by atoms with van der Waals surface area (Å²) in [6.45, 7) is 7.68. The van der Waals surface area contributed by atoms with Crippen molar-refractivity contribution in [3.63, 3.8) is 0 Å². The number of carboxylic acids is 1. The van der Waals surface area contributed by atoms with E-state index >= 15 is 0 Å². The lowest BCUT2D eigenvalue weighted by Crippen LogP contribution is -2.57. The van der Waals surface area contributed by atoms with E-state index in [1.165, 1.54) is 0 Å². The monoisotopic (exact) mass is 427 g/mol. The zero-order chi connectivity index (χ0) is 22.6. The Labute approximate surface area is 181 Å². The minimum Gasteiger partial charge on any atom is -0.479 e. The van der Waals surface area contributed by atoms with E-state index in [4.69, 9.17) is 0 Å². The molecule has 1 atom stereocenters. The molecule has 1 fully saturated rings. The maximum absolute atomic E-state index is 12.5. The fraction of sp³-hybridized carbons (Fsp3) is 0.455. The molecule has 31 heavy (non-hydrogen) atoms. The van der Waals surface area contributed by atoms with Gasteiger partial charge in [-0.1, -0.05) is 20.8 Å². The summed E-state index contributed by atoms with van der Waals surface area (Å²) in [5, 5.41) is 22.5. The maximum Gasteiger partial charge on any atom is 0.338 e. The fourth-order valence-electron chi connectivity index (χ4n) is 3.41. The number of carboxylic acid groups (broad SMARTS) is 1. The van der Waals surface area contributed by atoms with Crippen molar-refractivity contribution in [3.8, 4) is 0 Å². The van der Waals surface area contributed by atoms with Crippen molar-refractivity contribution in [2.45, 2.75) is 26.4 Å². The summed E-state index contributed by atoms with van der Waals surface area (Å²) in [4.78, 5) is 37.0. The number of hydrogen-bond donors (Lipinski definition) is 3. The zero-order valence-electron chi connectivity index (χ0n) is 18.1. The number of aliphatic carboxylic acids is 1. The number of piperazine rings is 1. The Hall–Kier alpha value is -3.20. The lowest BCUT2D eigenvalue weighted by atomic mass is 9.76. The van der Waals surface area contributed by atoms with Gasteiger partial charge in [-0.3, -0.25) is 4.79 Å². The van der Waals surface area contributed by atoms with Crippen LogP contribution in [0.25, 0.3) is 0 Å². The molecule has 0 aliphatic carbocycles. The van der Waals surface area contributed by atoms with Crippen molar-refractivity contribution in [2.75, 3.05) is 42.5 Å². The number of aromatic nitrogens is 2. The highest BCUT2D eigenvalue weighted by molar-refractivity contribution is 5.95. The molecule has 1 aliphatic heterocycles. The van der Waals surface area contributed by atoms with Crippen LogP contribution in [0.3, 0.4) is 0 Å². The molecule has 0 bridgehead atoms. The first-order valence-corrected chi connectivity index (χ1v) is 10.2. The molecular weight excluding hydrogens is 398 g/mol. The Kier molecular flexibility index (Phi) is 6.45. The molecule has 2 aromatic rings. The summed E-state index contributed by atoms with van der Waals surface area (Å²) >= 11 is 0. The third-order valence-corrected chi connectivity index (χ3v) is 5.71. The molecule has 1 aromatic heterocycles.